The second-order valence-electron chi connectivity index (χ2n) is 11.4. The summed E-state index contributed by atoms with van der Waals surface area (Å²) in [5.74, 6) is -0.665. The molecule has 2 aliphatic rings. The predicted octanol–water partition coefficient (Wildman–Crippen LogP) is 4.81. The van der Waals surface area contributed by atoms with Crippen LogP contribution in [0.2, 0.25) is 0 Å². The Labute approximate surface area is 224 Å². The maximum Gasteiger partial charge on any atom is 0.325 e. The summed E-state index contributed by atoms with van der Waals surface area (Å²) in [5.41, 5.74) is 8.74. The third kappa shape index (κ3) is 6.50. The van der Waals surface area contributed by atoms with Crippen molar-refractivity contribution in [2.75, 3.05) is 37.3 Å². The quantitative estimate of drug-likeness (QED) is 0.188. The van der Waals surface area contributed by atoms with Gasteiger partial charge in [-0.15, -0.1) is 0 Å². The van der Waals surface area contributed by atoms with E-state index in [0.717, 1.165) is 62.6 Å². The minimum atomic E-state index is -1.10. The monoisotopic (exact) mass is 525 g/mol. The Kier molecular flexibility index (Phi) is 8.67. The lowest BCUT2D eigenvalue weighted by atomic mass is 9.81. The molecule has 1 aromatic heterocycles. The number of nitrogen functional groups attached to an aromatic ring is 1. The molecule has 3 heterocycles. The van der Waals surface area contributed by atoms with Gasteiger partial charge in [-0.25, -0.2) is 9.37 Å². The summed E-state index contributed by atoms with van der Waals surface area (Å²) < 4.78 is 20.3. The van der Waals surface area contributed by atoms with E-state index in [0.29, 0.717) is 25.3 Å². The number of anilines is 2. The van der Waals surface area contributed by atoms with Gasteiger partial charge in [-0.05, 0) is 61.4 Å². The van der Waals surface area contributed by atoms with Crippen LogP contribution in [0.4, 0.5) is 15.9 Å². The van der Waals surface area contributed by atoms with Gasteiger partial charge in [-0.3, -0.25) is 9.69 Å². The van der Waals surface area contributed by atoms with Crippen LogP contribution in [0.15, 0.2) is 24.3 Å². The van der Waals surface area contributed by atoms with Crippen molar-refractivity contribution in [3.63, 3.8) is 0 Å². The molecule has 38 heavy (non-hydrogen) atoms. The fourth-order valence-electron chi connectivity index (χ4n) is 5.14. The summed E-state index contributed by atoms with van der Waals surface area (Å²) in [5, 5.41) is 22.0. The SMILES string of the molecule is CC(C)(C)C(=N)c1c(N)cc(F)cc1C(C(=O)O)N1CC(OCCCCCc2ccc3c(n2)NCCC3)C1. The smallest absolute Gasteiger partial charge is 0.325 e. The maximum absolute atomic E-state index is 14.3. The Morgan fingerprint density at radius 1 is 1.29 bits per heavy atom. The highest BCUT2D eigenvalue weighted by Crippen LogP contribution is 2.36. The first-order valence-electron chi connectivity index (χ1n) is 13.5. The van der Waals surface area contributed by atoms with Gasteiger partial charge in [0.15, 0.2) is 0 Å². The zero-order valence-electron chi connectivity index (χ0n) is 22.6. The number of carboxylic acids is 1. The number of nitrogens with two attached hydrogens (primary N) is 1. The number of aryl methyl sites for hydroxylation is 2. The second kappa shape index (κ2) is 11.8. The molecule has 0 aliphatic carbocycles. The van der Waals surface area contributed by atoms with Crippen molar-refractivity contribution in [2.24, 2.45) is 5.41 Å². The fraction of sp³-hybridized carbons (Fsp3) is 0.552. The van der Waals surface area contributed by atoms with Gasteiger partial charge in [-0.2, -0.15) is 0 Å². The molecule has 1 saturated heterocycles. The summed E-state index contributed by atoms with van der Waals surface area (Å²) in [6, 6.07) is 5.58. The number of ether oxygens (including phenoxy) is 1. The Balaban J connectivity index is 1.26. The van der Waals surface area contributed by atoms with E-state index in [4.69, 9.17) is 20.9 Å². The van der Waals surface area contributed by atoms with Crippen LogP contribution in [0.5, 0.6) is 0 Å². The number of fused-ring (bicyclic) bond motifs is 1. The van der Waals surface area contributed by atoms with Crippen LogP contribution in [0, 0.1) is 16.6 Å². The number of pyridine rings is 1. The minimum absolute atomic E-state index is 0.0679. The summed E-state index contributed by atoms with van der Waals surface area (Å²) in [6.45, 7) is 8.03. The van der Waals surface area contributed by atoms with Crippen LogP contribution < -0.4 is 11.1 Å². The number of carbonyl (C=O) groups is 1. The van der Waals surface area contributed by atoms with Crippen molar-refractivity contribution in [1.29, 1.82) is 5.41 Å². The van der Waals surface area contributed by atoms with E-state index in [1.54, 1.807) is 4.90 Å². The first-order chi connectivity index (χ1) is 18.0. The van der Waals surface area contributed by atoms with E-state index in [9.17, 15) is 14.3 Å². The van der Waals surface area contributed by atoms with Crippen molar-refractivity contribution < 1.29 is 19.0 Å². The number of nitrogens with zero attached hydrogens (tertiary/aromatic N) is 2. The molecule has 0 bridgehead atoms. The molecule has 9 heteroatoms. The third-order valence-electron chi connectivity index (χ3n) is 7.32. The molecular formula is C29H40FN5O3. The zero-order chi connectivity index (χ0) is 27.4. The summed E-state index contributed by atoms with van der Waals surface area (Å²) >= 11 is 0. The lowest BCUT2D eigenvalue weighted by molar-refractivity contribution is -0.150. The van der Waals surface area contributed by atoms with Crippen LogP contribution in [-0.2, 0) is 22.4 Å². The number of hydrogen-bond acceptors (Lipinski definition) is 7. The maximum atomic E-state index is 14.3. The number of aromatic nitrogens is 1. The van der Waals surface area contributed by atoms with E-state index in [-0.39, 0.29) is 23.1 Å². The zero-order valence-corrected chi connectivity index (χ0v) is 22.6. The molecule has 0 amide bonds. The lowest BCUT2D eigenvalue weighted by Crippen LogP contribution is -2.55. The van der Waals surface area contributed by atoms with Crippen molar-refractivity contribution in [2.45, 2.75) is 71.4 Å². The number of aliphatic carboxylic acids is 1. The average Bonchev–Trinajstić information content (AvgIpc) is 2.82. The number of unbranched alkanes of at least 4 members (excludes halogenated alkanes) is 2. The van der Waals surface area contributed by atoms with E-state index >= 15 is 0 Å². The standard InChI is InChI=1S/C29H40FN5O3/c1-29(2,3)26(32)24-22(14-19(30)15-23(24)31)25(28(36)37)35-16-21(17-35)38-13-6-4-5-9-20-11-10-18-8-7-12-33-27(18)34-20/h10-11,14-15,21,25,32H,4-9,12-13,16-17,31H2,1-3H3,(H,33,34)(H,36,37). The summed E-state index contributed by atoms with van der Waals surface area (Å²) in [7, 11) is 0. The van der Waals surface area contributed by atoms with E-state index in [1.165, 1.54) is 11.6 Å². The molecule has 5 N–H and O–H groups in total. The van der Waals surface area contributed by atoms with Crippen LogP contribution in [0.1, 0.15) is 74.9 Å². The molecule has 1 fully saturated rings. The van der Waals surface area contributed by atoms with Gasteiger partial charge in [0.1, 0.15) is 17.7 Å². The number of likely N-dealkylation sites (tertiary alicyclic amines) is 1. The first-order valence-corrected chi connectivity index (χ1v) is 13.5. The van der Waals surface area contributed by atoms with Gasteiger partial charge in [0.25, 0.3) is 0 Å². The normalized spacial score (nSPS) is 16.8. The molecule has 0 radical (unpaired) electrons. The lowest BCUT2D eigenvalue weighted by Gasteiger charge is -2.43. The highest BCUT2D eigenvalue weighted by Gasteiger charge is 2.40. The third-order valence-corrected chi connectivity index (χ3v) is 7.32. The number of hydrogen-bond donors (Lipinski definition) is 4. The van der Waals surface area contributed by atoms with E-state index in [2.05, 4.69) is 17.4 Å². The second-order valence-corrected chi connectivity index (χ2v) is 11.4. The average molecular weight is 526 g/mol. The van der Waals surface area contributed by atoms with Crippen molar-refractivity contribution in [3.8, 4) is 0 Å². The largest absolute Gasteiger partial charge is 0.480 e. The van der Waals surface area contributed by atoms with Gasteiger partial charge in [0.2, 0.25) is 0 Å². The topological polar surface area (TPSA) is 125 Å². The van der Waals surface area contributed by atoms with Crippen molar-refractivity contribution in [3.05, 3.63) is 52.5 Å². The number of rotatable bonds is 11. The minimum Gasteiger partial charge on any atom is -0.480 e. The Morgan fingerprint density at radius 3 is 2.76 bits per heavy atom. The van der Waals surface area contributed by atoms with Crippen LogP contribution in [0.3, 0.4) is 0 Å². The van der Waals surface area contributed by atoms with E-state index in [1.807, 2.05) is 20.8 Å². The van der Waals surface area contributed by atoms with Crippen LogP contribution in [0.25, 0.3) is 0 Å². The highest BCUT2D eigenvalue weighted by atomic mass is 19.1. The molecule has 206 valence electrons. The molecule has 1 aromatic carbocycles. The van der Waals surface area contributed by atoms with Gasteiger partial charge in [0, 0.05) is 54.3 Å². The van der Waals surface area contributed by atoms with Crippen LogP contribution in [-0.4, -0.2) is 59.0 Å². The molecule has 2 aromatic rings. The molecule has 0 spiro atoms. The number of benzene rings is 1. The van der Waals surface area contributed by atoms with Crippen molar-refractivity contribution >= 4 is 23.2 Å². The summed E-state index contributed by atoms with van der Waals surface area (Å²) in [4.78, 5) is 18.8. The van der Waals surface area contributed by atoms with Gasteiger partial charge in [0.05, 0.1) is 6.10 Å². The molecule has 0 saturated carbocycles. The number of halogens is 1. The van der Waals surface area contributed by atoms with Crippen LogP contribution >= 0.6 is 0 Å². The summed E-state index contributed by atoms with van der Waals surface area (Å²) in [6.07, 6.45) is 6.12. The highest BCUT2D eigenvalue weighted by molar-refractivity contribution is 6.08. The Morgan fingerprint density at radius 2 is 2.05 bits per heavy atom. The molecule has 1 atom stereocenters. The number of nitrogens with one attached hydrogen (secondary N) is 2. The molecule has 4 rings (SSSR count). The molecule has 1 unspecified atom stereocenters. The van der Waals surface area contributed by atoms with E-state index < -0.39 is 23.2 Å². The predicted molar refractivity (Wildman–Crippen MR) is 147 cm³/mol. The molecule has 2 aliphatic heterocycles. The first kappa shape index (κ1) is 28.0. The number of carboxylic acid groups (broad SMARTS) is 1. The van der Waals surface area contributed by atoms with Gasteiger partial charge < -0.3 is 26.3 Å². The van der Waals surface area contributed by atoms with Gasteiger partial charge >= 0.3 is 5.97 Å². The molecular weight excluding hydrogens is 485 g/mol. The Bertz CT molecular complexity index is 1170. The Hall–Kier alpha value is -3.04. The molecule has 8 nitrogen and oxygen atoms in total. The van der Waals surface area contributed by atoms with Gasteiger partial charge in [-0.1, -0.05) is 33.3 Å². The van der Waals surface area contributed by atoms with Crippen molar-refractivity contribution in [1.82, 2.24) is 9.88 Å². The fourth-order valence-corrected chi connectivity index (χ4v) is 5.14.